The van der Waals surface area contributed by atoms with Crippen LogP contribution in [0.4, 0.5) is 0 Å². The molecule has 3 heterocycles. The number of hydrogen-bond donors (Lipinski definition) is 0. The minimum atomic E-state index is 0.652. The summed E-state index contributed by atoms with van der Waals surface area (Å²) in [4.78, 5) is 10.7. The summed E-state index contributed by atoms with van der Waals surface area (Å²) in [7, 11) is 0. The molecule has 4 heteroatoms. The van der Waals surface area contributed by atoms with E-state index in [1.54, 1.807) is 0 Å². The minimum absolute atomic E-state index is 0.652. The molecule has 0 aliphatic carbocycles. The van der Waals surface area contributed by atoms with Crippen LogP contribution in [0.3, 0.4) is 0 Å². The van der Waals surface area contributed by atoms with E-state index in [2.05, 4.69) is 203 Å². The van der Waals surface area contributed by atoms with Crippen molar-refractivity contribution in [3.63, 3.8) is 0 Å². The Balaban J connectivity index is 1.16. The van der Waals surface area contributed by atoms with Gasteiger partial charge in [0.25, 0.3) is 0 Å². The Morgan fingerprint density at radius 3 is 1.50 bits per heavy atom. The second-order valence-electron chi connectivity index (χ2n) is 13.8. The topological polar surface area (TPSA) is 35.6 Å². The highest BCUT2D eigenvalue weighted by atomic mass is 15.2. The van der Waals surface area contributed by atoms with Crippen LogP contribution in [-0.2, 0) is 0 Å². The molecule has 0 radical (unpaired) electrons. The number of rotatable bonds is 5. The summed E-state index contributed by atoms with van der Waals surface area (Å²) < 4.78 is 4.65. The smallest absolute Gasteiger partial charge is 0.235 e. The molecular formula is C50H32N4. The summed E-state index contributed by atoms with van der Waals surface area (Å²) in [6.07, 6.45) is 0. The molecule has 0 atom stereocenters. The third-order valence-electron chi connectivity index (χ3n) is 10.7. The molecule has 252 valence electrons. The van der Waals surface area contributed by atoms with Crippen molar-refractivity contribution >= 4 is 54.5 Å². The molecule has 0 amide bonds. The molecule has 54 heavy (non-hydrogen) atoms. The van der Waals surface area contributed by atoms with Crippen molar-refractivity contribution in [1.29, 1.82) is 0 Å². The SMILES string of the molecule is c1ccc(-c2ccc(-n3c4ccccc4c4c5c6ccccc6n(-c6nc(-c7cccc(-c8ccccc8)c7)c7ccccc7n6)c5ccc43)cc2)cc1. The molecule has 0 bridgehead atoms. The van der Waals surface area contributed by atoms with Gasteiger partial charge in [0.1, 0.15) is 0 Å². The van der Waals surface area contributed by atoms with Gasteiger partial charge in [-0.2, -0.15) is 0 Å². The highest BCUT2D eigenvalue weighted by Gasteiger charge is 2.22. The Labute approximate surface area is 311 Å². The Hall–Kier alpha value is -7.30. The maximum atomic E-state index is 5.42. The number of para-hydroxylation sites is 3. The van der Waals surface area contributed by atoms with E-state index in [9.17, 15) is 0 Å². The number of nitrogens with zero attached hydrogens (tertiary/aromatic N) is 4. The van der Waals surface area contributed by atoms with E-state index < -0.39 is 0 Å². The van der Waals surface area contributed by atoms with Crippen LogP contribution in [0.5, 0.6) is 0 Å². The van der Waals surface area contributed by atoms with Crippen LogP contribution >= 0.6 is 0 Å². The maximum Gasteiger partial charge on any atom is 0.235 e. The number of fused-ring (bicyclic) bond motifs is 8. The summed E-state index contributed by atoms with van der Waals surface area (Å²) in [6, 6.07) is 68.9. The van der Waals surface area contributed by atoms with Gasteiger partial charge < -0.3 is 4.57 Å². The maximum absolute atomic E-state index is 5.42. The fourth-order valence-corrected chi connectivity index (χ4v) is 8.31. The summed E-state index contributed by atoms with van der Waals surface area (Å²) in [6.45, 7) is 0. The summed E-state index contributed by atoms with van der Waals surface area (Å²) >= 11 is 0. The van der Waals surface area contributed by atoms with Crippen molar-refractivity contribution in [2.45, 2.75) is 0 Å². The standard InChI is InChI=1S/C50H32N4/c1-3-14-33(15-4-1)35-26-28-38(29-27-35)53-43-24-11-8-21-40(43)47-45(53)30-31-46-48(47)41-22-9-12-25-44(41)54(46)50-51-42-23-10-7-20-39(42)49(52-50)37-19-13-18-36(32-37)34-16-5-2-6-17-34/h1-32H. The molecule has 0 aliphatic rings. The van der Waals surface area contributed by atoms with E-state index >= 15 is 0 Å². The average Bonchev–Trinajstić information content (AvgIpc) is 3.77. The Morgan fingerprint density at radius 1 is 0.315 bits per heavy atom. The van der Waals surface area contributed by atoms with Gasteiger partial charge in [0.15, 0.2) is 0 Å². The van der Waals surface area contributed by atoms with Crippen LogP contribution in [0.2, 0.25) is 0 Å². The average molecular weight is 689 g/mol. The molecule has 0 fully saturated rings. The van der Waals surface area contributed by atoms with E-state index in [1.807, 2.05) is 0 Å². The first kappa shape index (κ1) is 30.3. The lowest BCUT2D eigenvalue weighted by molar-refractivity contribution is 1.01. The number of aromatic nitrogens is 4. The van der Waals surface area contributed by atoms with Crippen LogP contribution in [0.15, 0.2) is 194 Å². The minimum Gasteiger partial charge on any atom is -0.309 e. The number of benzene rings is 8. The first-order valence-corrected chi connectivity index (χ1v) is 18.3. The zero-order chi connectivity index (χ0) is 35.6. The van der Waals surface area contributed by atoms with Crippen molar-refractivity contribution < 1.29 is 0 Å². The van der Waals surface area contributed by atoms with Gasteiger partial charge in [-0.1, -0.05) is 146 Å². The fraction of sp³-hybridized carbons (Fsp3) is 0. The highest BCUT2D eigenvalue weighted by molar-refractivity contribution is 6.28. The van der Waals surface area contributed by atoms with Crippen molar-refractivity contribution in [3.8, 4) is 45.1 Å². The molecule has 8 aromatic carbocycles. The fourth-order valence-electron chi connectivity index (χ4n) is 8.31. The molecule has 0 unspecified atom stereocenters. The summed E-state index contributed by atoms with van der Waals surface area (Å²) in [5.41, 5.74) is 13.2. The third-order valence-corrected chi connectivity index (χ3v) is 10.7. The van der Waals surface area contributed by atoms with Gasteiger partial charge in [-0.15, -0.1) is 0 Å². The van der Waals surface area contributed by atoms with Gasteiger partial charge >= 0.3 is 0 Å². The molecule has 0 saturated carbocycles. The summed E-state index contributed by atoms with van der Waals surface area (Å²) in [5.74, 6) is 0.652. The van der Waals surface area contributed by atoms with Gasteiger partial charge in [0, 0.05) is 38.2 Å². The Kier molecular flexibility index (Phi) is 6.82. The molecule has 0 N–H and O–H groups in total. The van der Waals surface area contributed by atoms with E-state index in [4.69, 9.17) is 9.97 Å². The zero-order valence-electron chi connectivity index (χ0n) is 29.3. The largest absolute Gasteiger partial charge is 0.309 e. The van der Waals surface area contributed by atoms with E-state index in [-0.39, 0.29) is 0 Å². The molecule has 11 rings (SSSR count). The van der Waals surface area contributed by atoms with Crippen LogP contribution in [0, 0.1) is 0 Å². The van der Waals surface area contributed by atoms with Crippen LogP contribution in [0.1, 0.15) is 0 Å². The molecule has 3 aromatic heterocycles. The van der Waals surface area contributed by atoms with Gasteiger partial charge in [0.2, 0.25) is 5.95 Å². The lowest BCUT2D eigenvalue weighted by Crippen LogP contribution is -2.03. The molecule has 11 aromatic rings. The van der Waals surface area contributed by atoms with Gasteiger partial charge in [-0.3, -0.25) is 4.57 Å². The Morgan fingerprint density at radius 2 is 0.815 bits per heavy atom. The van der Waals surface area contributed by atoms with Crippen molar-refractivity contribution in [1.82, 2.24) is 19.1 Å². The zero-order valence-corrected chi connectivity index (χ0v) is 29.3. The monoisotopic (exact) mass is 688 g/mol. The summed E-state index contributed by atoms with van der Waals surface area (Å²) in [5, 5.41) is 5.83. The second kappa shape index (κ2) is 12.1. The quantitative estimate of drug-likeness (QED) is 0.180. The molecule has 0 saturated heterocycles. The lowest BCUT2D eigenvalue weighted by atomic mass is 10.00. The molecule has 0 spiro atoms. The predicted molar refractivity (Wildman–Crippen MR) is 225 cm³/mol. The van der Waals surface area contributed by atoms with Crippen molar-refractivity contribution in [3.05, 3.63) is 194 Å². The van der Waals surface area contributed by atoms with E-state index in [0.29, 0.717) is 5.95 Å². The van der Waals surface area contributed by atoms with Gasteiger partial charge in [-0.05, 0) is 70.8 Å². The van der Waals surface area contributed by atoms with Gasteiger partial charge in [-0.25, -0.2) is 9.97 Å². The van der Waals surface area contributed by atoms with E-state index in [1.165, 1.54) is 43.8 Å². The van der Waals surface area contributed by atoms with Crippen molar-refractivity contribution in [2.24, 2.45) is 0 Å². The van der Waals surface area contributed by atoms with Crippen LogP contribution in [0.25, 0.3) is 99.7 Å². The first-order chi connectivity index (χ1) is 26.8. The molecule has 4 nitrogen and oxygen atoms in total. The molecular weight excluding hydrogens is 657 g/mol. The van der Waals surface area contributed by atoms with E-state index in [0.717, 1.165) is 50.0 Å². The Bertz CT molecular complexity index is 3190. The second-order valence-corrected chi connectivity index (χ2v) is 13.8. The van der Waals surface area contributed by atoms with Crippen molar-refractivity contribution in [2.75, 3.05) is 0 Å². The van der Waals surface area contributed by atoms with Crippen LogP contribution in [-0.4, -0.2) is 19.1 Å². The molecule has 0 aliphatic heterocycles. The first-order valence-electron chi connectivity index (χ1n) is 18.3. The number of hydrogen-bond acceptors (Lipinski definition) is 2. The third kappa shape index (κ3) is 4.70. The van der Waals surface area contributed by atoms with Crippen LogP contribution < -0.4 is 0 Å². The van der Waals surface area contributed by atoms with Gasteiger partial charge in [0.05, 0.1) is 33.3 Å². The lowest BCUT2D eigenvalue weighted by Gasteiger charge is -2.13. The normalized spacial score (nSPS) is 11.7. The highest BCUT2D eigenvalue weighted by Crippen LogP contribution is 2.42. The predicted octanol–water partition coefficient (Wildman–Crippen LogP) is 12.8.